The summed E-state index contributed by atoms with van der Waals surface area (Å²) in [4.78, 5) is 0. The smallest absolute Gasteiger partial charge is 0.0627 e. The van der Waals surface area contributed by atoms with Gasteiger partial charge in [-0.3, -0.25) is 0 Å². The normalized spacial score (nSPS) is 10.6. The van der Waals surface area contributed by atoms with Gasteiger partial charge in [-0.25, -0.2) is 0 Å². The lowest BCUT2D eigenvalue weighted by Crippen LogP contribution is -2.02. The fourth-order valence-electron chi connectivity index (χ4n) is 2.20. The zero-order valence-corrected chi connectivity index (χ0v) is 11.4. The Bertz CT molecular complexity index is 579. The first kappa shape index (κ1) is 13.4. The molecule has 2 rings (SSSR count). The summed E-state index contributed by atoms with van der Waals surface area (Å²) in [6, 6.07) is 12.2. The van der Waals surface area contributed by atoms with Crippen molar-refractivity contribution in [2.75, 3.05) is 25.2 Å². The number of anilines is 2. The average Bonchev–Trinajstić information content (AvgIpc) is 2.41. The van der Waals surface area contributed by atoms with Gasteiger partial charge in [0.2, 0.25) is 0 Å². The van der Waals surface area contributed by atoms with E-state index in [2.05, 4.69) is 25.1 Å². The largest absolute Gasteiger partial charge is 0.397 e. The second-order valence-corrected chi connectivity index (χ2v) is 4.70. The molecule has 0 heterocycles. The maximum absolute atomic E-state index is 6.12. The predicted octanol–water partition coefficient (Wildman–Crippen LogP) is 3.02. The van der Waals surface area contributed by atoms with E-state index in [0.717, 1.165) is 23.1 Å². The second-order valence-electron chi connectivity index (χ2n) is 4.70. The fraction of sp³-hybridized carbons (Fsp3) is 0.250. The standard InChI is InChI=1S/C16H20N2O/c1-11-5-3-4-6-13(11)14-9-12(7-8-19-2)10-15(17)16(14)18/h3-6,9-10H,7-8,17-18H2,1-2H3. The number of nitrogens with two attached hydrogens (primary N) is 2. The van der Waals surface area contributed by atoms with Crippen molar-refractivity contribution in [2.24, 2.45) is 0 Å². The Morgan fingerprint density at radius 1 is 1.05 bits per heavy atom. The molecule has 3 heteroatoms. The van der Waals surface area contributed by atoms with E-state index in [1.807, 2.05) is 18.2 Å². The van der Waals surface area contributed by atoms with E-state index < -0.39 is 0 Å². The number of rotatable bonds is 4. The minimum Gasteiger partial charge on any atom is -0.397 e. The SMILES string of the molecule is COCCc1cc(N)c(N)c(-c2ccccc2C)c1. The molecule has 0 unspecified atom stereocenters. The summed E-state index contributed by atoms with van der Waals surface area (Å²) >= 11 is 0. The Labute approximate surface area is 114 Å². The van der Waals surface area contributed by atoms with Crippen LogP contribution in [0.2, 0.25) is 0 Å². The van der Waals surface area contributed by atoms with E-state index in [4.69, 9.17) is 16.2 Å². The highest BCUT2D eigenvalue weighted by molar-refractivity contribution is 5.86. The van der Waals surface area contributed by atoms with Gasteiger partial charge in [-0.05, 0) is 42.2 Å². The van der Waals surface area contributed by atoms with Crippen LogP contribution < -0.4 is 11.5 Å². The van der Waals surface area contributed by atoms with Gasteiger partial charge in [0.25, 0.3) is 0 Å². The monoisotopic (exact) mass is 256 g/mol. The van der Waals surface area contributed by atoms with E-state index in [-0.39, 0.29) is 0 Å². The lowest BCUT2D eigenvalue weighted by molar-refractivity contribution is 0.202. The Balaban J connectivity index is 2.50. The molecule has 100 valence electrons. The molecule has 0 saturated heterocycles. The molecule has 0 aliphatic heterocycles. The molecular weight excluding hydrogens is 236 g/mol. The number of benzene rings is 2. The van der Waals surface area contributed by atoms with Crippen LogP contribution in [-0.2, 0) is 11.2 Å². The van der Waals surface area contributed by atoms with Crippen LogP contribution >= 0.6 is 0 Å². The molecule has 3 nitrogen and oxygen atoms in total. The van der Waals surface area contributed by atoms with Crippen LogP contribution in [0.4, 0.5) is 11.4 Å². The molecule has 0 atom stereocenters. The van der Waals surface area contributed by atoms with Gasteiger partial charge in [-0.15, -0.1) is 0 Å². The van der Waals surface area contributed by atoms with Crippen molar-refractivity contribution < 1.29 is 4.74 Å². The highest BCUT2D eigenvalue weighted by Gasteiger charge is 2.10. The zero-order chi connectivity index (χ0) is 13.8. The third-order valence-electron chi connectivity index (χ3n) is 3.30. The minimum absolute atomic E-state index is 0.631. The molecule has 2 aromatic rings. The number of nitrogen functional groups attached to an aromatic ring is 2. The summed E-state index contributed by atoms with van der Waals surface area (Å²) in [5, 5.41) is 0. The van der Waals surface area contributed by atoms with Crippen molar-refractivity contribution >= 4 is 11.4 Å². The third-order valence-corrected chi connectivity index (χ3v) is 3.30. The molecule has 0 amide bonds. The first-order valence-corrected chi connectivity index (χ1v) is 6.36. The summed E-state index contributed by atoms with van der Waals surface area (Å²) in [6.07, 6.45) is 0.833. The van der Waals surface area contributed by atoms with E-state index in [1.54, 1.807) is 7.11 Å². The van der Waals surface area contributed by atoms with Crippen LogP contribution in [0.25, 0.3) is 11.1 Å². The molecule has 0 aliphatic rings. The van der Waals surface area contributed by atoms with E-state index in [1.165, 1.54) is 5.56 Å². The third kappa shape index (κ3) is 2.88. The van der Waals surface area contributed by atoms with Gasteiger partial charge in [0.05, 0.1) is 18.0 Å². The summed E-state index contributed by atoms with van der Waals surface area (Å²) in [7, 11) is 1.70. The van der Waals surface area contributed by atoms with Crippen LogP contribution in [0.1, 0.15) is 11.1 Å². The zero-order valence-electron chi connectivity index (χ0n) is 11.4. The molecule has 0 fully saturated rings. The van der Waals surface area contributed by atoms with Crippen molar-refractivity contribution in [3.63, 3.8) is 0 Å². The van der Waals surface area contributed by atoms with Crippen molar-refractivity contribution in [1.82, 2.24) is 0 Å². The number of hydrogen-bond donors (Lipinski definition) is 2. The Hall–Kier alpha value is -2.00. The predicted molar refractivity (Wildman–Crippen MR) is 81.0 cm³/mol. The molecule has 0 bridgehead atoms. The molecule has 0 spiro atoms. The Morgan fingerprint density at radius 3 is 2.47 bits per heavy atom. The molecular formula is C16H20N2O. The fourth-order valence-corrected chi connectivity index (χ4v) is 2.20. The van der Waals surface area contributed by atoms with Crippen LogP contribution in [0.3, 0.4) is 0 Å². The number of hydrogen-bond acceptors (Lipinski definition) is 3. The van der Waals surface area contributed by atoms with Gasteiger partial charge in [0.1, 0.15) is 0 Å². The maximum atomic E-state index is 6.12. The maximum Gasteiger partial charge on any atom is 0.0627 e. The van der Waals surface area contributed by atoms with Gasteiger partial charge in [-0.1, -0.05) is 24.3 Å². The van der Waals surface area contributed by atoms with Crippen molar-refractivity contribution in [3.8, 4) is 11.1 Å². The van der Waals surface area contributed by atoms with Crippen LogP contribution in [0.15, 0.2) is 36.4 Å². The molecule has 0 aromatic heterocycles. The number of aryl methyl sites for hydroxylation is 1. The molecule has 19 heavy (non-hydrogen) atoms. The number of methoxy groups -OCH3 is 1. The quantitative estimate of drug-likeness (QED) is 0.827. The summed E-state index contributed by atoms with van der Waals surface area (Å²) < 4.78 is 5.11. The first-order valence-electron chi connectivity index (χ1n) is 6.36. The van der Waals surface area contributed by atoms with Gasteiger partial charge >= 0.3 is 0 Å². The van der Waals surface area contributed by atoms with E-state index in [9.17, 15) is 0 Å². The first-order chi connectivity index (χ1) is 9.13. The summed E-state index contributed by atoms with van der Waals surface area (Å²) in [6.45, 7) is 2.75. The van der Waals surface area contributed by atoms with Crippen LogP contribution in [-0.4, -0.2) is 13.7 Å². The minimum atomic E-state index is 0.631. The second kappa shape index (κ2) is 5.76. The van der Waals surface area contributed by atoms with E-state index in [0.29, 0.717) is 18.0 Å². The Morgan fingerprint density at radius 2 is 1.79 bits per heavy atom. The van der Waals surface area contributed by atoms with Crippen molar-refractivity contribution in [3.05, 3.63) is 47.5 Å². The lowest BCUT2D eigenvalue weighted by atomic mass is 9.95. The van der Waals surface area contributed by atoms with Crippen molar-refractivity contribution in [1.29, 1.82) is 0 Å². The summed E-state index contributed by atoms with van der Waals surface area (Å²) in [5.74, 6) is 0. The van der Waals surface area contributed by atoms with Crippen LogP contribution in [0, 0.1) is 6.92 Å². The van der Waals surface area contributed by atoms with Gasteiger partial charge < -0.3 is 16.2 Å². The van der Waals surface area contributed by atoms with Crippen LogP contribution in [0.5, 0.6) is 0 Å². The summed E-state index contributed by atoms with van der Waals surface area (Å²) in [5.41, 5.74) is 17.9. The van der Waals surface area contributed by atoms with Gasteiger partial charge in [0, 0.05) is 12.7 Å². The molecule has 4 N–H and O–H groups in total. The molecule has 0 aliphatic carbocycles. The van der Waals surface area contributed by atoms with Gasteiger partial charge in [-0.2, -0.15) is 0 Å². The van der Waals surface area contributed by atoms with Crippen molar-refractivity contribution in [2.45, 2.75) is 13.3 Å². The lowest BCUT2D eigenvalue weighted by Gasteiger charge is -2.13. The van der Waals surface area contributed by atoms with E-state index >= 15 is 0 Å². The molecule has 0 radical (unpaired) electrons. The number of ether oxygens (including phenoxy) is 1. The highest BCUT2D eigenvalue weighted by Crippen LogP contribution is 2.33. The highest BCUT2D eigenvalue weighted by atomic mass is 16.5. The van der Waals surface area contributed by atoms with Gasteiger partial charge in [0.15, 0.2) is 0 Å². The molecule has 0 saturated carbocycles. The average molecular weight is 256 g/mol. The Kier molecular flexibility index (Phi) is 4.07. The topological polar surface area (TPSA) is 61.3 Å². The molecule has 2 aromatic carbocycles.